The van der Waals surface area contributed by atoms with Gasteiger partial charge < -0.3 is 10.6 Å². The summed E-state index contributed by atoms with van der Waals surface area (Å²) in [5.74, 6) is -0.838. The fourth-order valence-corrected chi connectivity index (χ4v) is 1.54. The first-order valence-corrected chi connectivity index (χ1v) is 5.36. The summed E-state index contributed by atoms with van der Waals surface area (Å²) in [5.41, 5.74) is 4.73. The summed E-state index contributed by atoms with van der Waals surface area (Å²) in [6.07, 6.45) is -3.99. The molecule has 100 valence electrons. The predicted octanol–water partition coefficient (Wildman–Crippen LogP) is 1.91. The lowest BCUT2D eigenvalue weighted by atomic mass is 10.0. The van der Waals surface area contributed by atoms with E-state index in [1.165, 1.54) is 6.07 Å². The summed E-state index contributed by atoms with van der Waals surface area (Å²) < 4.78 is 37.6. The lowest BCUT2D eigenvalue weighted by Gasteiger charge is -2.14. The number of likely N-dealkylation sites (N-methyl/N-ethyl adjacent to an activating group) is 1. The van der Waals surface area contributed by atoms with Gasteiger partial charge in [0.05, 0.1) is 5.56 Å². The molecule has 0 aliphatic rings. The first-order valence-electron chi connectivity index (χ1n) is 5.36. The minimum Gasteiger partial charge on any atom is -0.366 e. The molecule has 0 saturated carbocycles. The molecule has 0 heterocycles. The van der Waals surface area contributed by atoms with Gasteiger partial charge in [0.15, 0.2) is 0 Å². The topological polar surface area (TPSA) is 46.3 Å². The van der Waals surface area contributed by atoms with Gasteiger partial charge in [0.25, 0.3) is 0 Å². The number of carbonyl (C=O) groups excluding carboxylic acids is 1. The van der Waals surface area contributed by atoms with E-state index >= 15 is 0 Å². The van der Waals surface area contributed by atoms with Crippen LogP contribution in [-0.2, 0) is 12.6 Å². The Hall–Kier alpha value is -1.56. The molecule has 2 N–H and O–H groups in total. The highest BCUT2D eigenvalue weighted by Gasteiger charge is 2.31. The van der Waals surface area contributed by atoms with E-state index in [9.17, 15) is 18.0 Å². The first kappa shape index (κ1) is 14.5. The third-order valence-corrected chi connectivity index (χ3v) is 2.53. The summed E-state index contributed by atoms with van der Waals surface area (Å²) in [4.78, 5) is 13.1. The van der Waals surface area contributed by atoms with E-state index in [4.69, 9.17) is 5.73 Å². The zero-order chi connectivity index (χ0) is 13.9. The molecule has 0 atom stereocenters. The summed E-state index contributed by atoms with van der Waals surface area (Å²) in [6, 6.07) is 3.09. The number of hydrogen-bond donors (Lipinski definition) is 1. The molecule has 1 amide bonds. The number of rotatable bonds is 4. The second-order valence-corrected chi connectivity index (χ2v) is 4.29. The first-order chi connectivity index (χ1) is 8.21. The van der Waals surface area contributed by atoms with E-state index in [0.29, 0.717) is 18.5 Å². The normalized spacial score (nSPS) is 11.9. The van der Waals surface area contributed by atoms with Crippen molar-refractivity contribution in [3.05, 3.63) is 34.9 Å². The maximum absolute atomic E-state index is 12.5. The minimum atomic E-state index is -4.47. The van der Waals surface area contributed by atoms with Crippen molar-refractivity contribution in [3.8, 4) is 0 Å². The number of halogens is 3. The van der Waals surface area contributed by atoms with Crippen molar-refractivity contribution in [1.29, 1.82) is 0 Å². The maximum Gasteiger partial charge on any atom is 0.416 e. The third-order valence-electron chi connectivity index (χ3n) is 2.53. The molecule has 0 saturated heterocycles. The lowest BCUT2D eigenvalue weighted by molar-refractivity contribution is -0.137. The van der Waals surface area contributed by atoms with Crippen molar-refractivity contribution in [2.45, 2.75) is 12.6 Å². The molecule has 6 heteroatoms. The molecule has 18 heavy (non-hydrogen) atoms. The molecule has 3 nitrogen and oxygen atoms in total. The molecule has 0 radical (unpaired) electrons. The van der Waals surface area contributed by atoms with Crippen molar-refractivity contribution >= 4 is 5.91 Å². The highest BCUT2D eigenvalue weighted by molar-refractivity contribution is 5.94. The Balaban J connectivity index is 3.09. The van der Waals surface area contributed by atoms with Gasteiger partial charge in [-0.15, -0.1) is 0 Å². The molecular weight excluding hydrogens is 245 g/mol. The molecule has 1 aromatic carbocycles. The average molecular weight is 260 g/mol. The number of primary amides is 1. The third kappa shape index (κ3) is 3.73. The van der Waals surface area contributed by atoms with E-state index in [1.807, 2.05) is 19.0 Å². The molecule has 1 aromatic rings. The number of hydrogen-bond acceptors (Lipinski definition) is 2. The summed E-state index contributed by atoms with van der Waals surface area (Å²) in [6.45, 7) is 0.631. The van der Waals surface area contributed by atoms with Crippen LogP contribution in [0, 0.1) is 0 Å². The Morgan fingerprint density at radius 2 is 1.94 bits per heavy atom. The molecular formula is C12H15F3N2O. The minimum absolute atomic E-state index is 0.0633. The second kappa shape index (κ2) is 5.39. The van der Waals surface area contributed by atoms with Gasteiger partial charge >= 0.3 is 6.18 Å². The molecule has 0 aliphatic heterocycles. The summed E-state index contributed by atoms with van der Waals surface area (Å²) >= 11 is 0. The molecule has 0 fully saturated rings. The number of carbonyl (C=O) groups is 1. The van der Waals surface area contributed by atoms with Crippen LogP contribution in [0.15, 0.2) is 18.2 Å². The Bertz CT molecular complexity index is 441. The quantitative estimate of drug-likeness (QED) is 0.898. The van der Waals surface area contributed by atoms with Crippen molar-refractivity contribution in [3.63, 3.8) is 0 Å². The smallest absolute Gasteiger partial charge is 0.366 e. The van der Waals surface area contributed by atoms with E-state index in [0.717, 1.165) is 12.1 Å². The molecule has 0 aliphatic carbocycles. The maximum atomic E-state index is 12.5. The van der Waals surface area contributed by atoms with Crippen molar-refractivity contribution < 1.29 is 18.0 Å². The molecule has 1 rings (SSSR count). The molecule has 0 bridgehead atoms. The van der Waals surface area contributed by atoms with Crippen LogP contribution in [0.3, 0.4) is 0 Å². The Morgan fingerprint density at radius 1 is 1.33 bits per heavy atom. The molecule has 0 aromatic heterocycles. The average Bonchev–Trinajstić information content (AvgIpc) is 2.24. The predicted molar refractivity (Wildman–Crippen MR) is 62.2 cm³/mol. The van der Waals surface area contributed by atoms with Crippen molar-refractivity contribution in [1.82, 2.24) is 4.90 Å². The molecule has 0 spiro atoms. The van der Waals surface area contributed by atoms with E-state index in [2.05, 4.69) is 0 Å². The fraction of sp³-hybridized carbons (Fsp3) is 0.417. The monoisotopic (exact) mass is 260 g/mol. The van der Waals surface area contributed by atoms with Gasteiger partial charge in [0.2, 0.25) is 5.91 Å². The number of nitrogens with zero attached hydrogens (tertiary/aromatic N) is 1. The van der Waals surface area contributed by atoms with E-state index in [1.54, 1.807) is 0 Å². The van der Waals surface area contributed by atoms with Gasteiger partial charge in [-0.25, -0.2) is 0 Å². The number of alkyl halides is 3. The number of benzene rings is 1. The van der Waals surface area contributed by atoms with Crippen LogP contribution >= 0.6 is 0 Å². The summed E-state index contributed by atoms with van der Waals surface area (Å²) in [7, 11) is 3.68. The Labute approximate surface area is 103 Å². The Kier molecular flexibility index (Phi) is 4.34. The van der Waals surface area contributed by atoms with Crippen LogP contribution in [0.4, 0.5) is 13.2 Å². The van der Waals surface area contributed by atoms with Gasteiger partial charge in [0.1, 0.15) is 0 Å². The zero-order valence-electron chi connectivity index (χ0n) is 10.2. The number of nitrogens with two attached hydrogens (primary N) is 1. The van der Waals surface area contributed by atoms with E-state index in [-0.39, 0.29) is 5.56 Å². The number of amides is 1. The highest BCUT2D eigenvalue weighted by atomic mass is 19.4. The van der Waals surface area contributed by atoms with Crippen LogP contribution < -0.4 is 5.73 Å². The second-order valence-electron chi connectivity index (χ2n) is 4.29. The lowest BCUT2D eigenvalue weighted by Crippen LogP contribution is -2.20. The van der Waals surface area contributed by atoms with Crippen molar-refractivity contribution in [2.75, 3.05) is 20.6 Å². The van der Waals surface area contributed by atoms with Gasteiger partial charge in [0, 0.05) is 12.1 Å². The van der Waals surface area contributed by atoms with Crippen LogP contribution in [0.25, 0.3) is 0 Å². The van der Waals surface area contributed by atoms with Crippen LogP contribution in [0.1, 0.15) is 21.5 Å². The van der Waals surface area contributed by atoms with Crippen LogP contribution in [0.5, 0.6) is 0 Å². The molecule has 0 unspecified atom stereocenters. The van der Waals surface area contributed by atoms with E-state index < -0.39 is 17.6 Å². The van der Waals surface area contributed by atoms with Gasteiger partial charge in [-0.3, -0.25) is 4.79 Å². The largest absolute Gasteiger partial charge is 0.416 e. The van der Waals surface area contributed by atoms with Gasteiger partial charge in [-0.2, -0.15) is 13.2 Å². The van der Waals surface area contributed by atoms with Crippen LogP contribution in [0.2, 0.25) is 0 Å². The summed E-state index contributed by atoms with van der Waals surface area (Å²) in [5, 5.41) is 0. The Morgan fingerprint density at radius 3 is 2.39 bits per heavy atom. The highest BCUT2D eigenvalue weighted by Crippen LogP contribution is 2.30. The zero-order valence-corrected chi connectivity index (χ0v) is 10.2. The van der Waals surface area contributed by atoms with Crippen molar-refractivity contribution in [2.24, 2.45) is 5.73 Å². The van der Waals surface area contributed by atoms with Gasteiger partial charge in [-0.05, 0) is 38.2 Å². The standard InChI is InChI=1S/C12H15F3N2O/c1-17(2)6-5-8-3-4-9(12(13,14)15)7-10(8)11(16)18/h3-4,7H,5-6H2,1-2H3,(H2,16,18). The van der Waals surface area contributed by atoms with Gasteiger partial charge in [-0.1, -0.05) is 6.07 Å². The SMILES string of the molecule is CN(C)CCc1ccc(C(F)(F)F)cc1C(N)=O. The fourth-order valence-electron chi connectivity index (χ4n) is 1.54. The van der Waals surface area contributed by atoms with Crippen LogP contribution in [-0.4, -0.2) is 31.4 Å².